The molecule has 0 nitrogen and oxygen atoms in total. The Morgan fingerprint density at radius 2 is 1.82 bits per heavy atom. The van der Waals surface area contributed by atoms with E-state index >= 15 is 0 Å². The zero-order chi connectivity index (χ0) is 12.3. The topological polar surface area (TPSA) is 0 Å². The number of benzene rings is 1. The molecule has 0 aliphatic heterocycles. The minimum atomic E-state index is 0.779. The van der Waals surface area contributed by atoms with Crippen molar-refractivity contribution < 1.29 is 0 Å². The van der Waals surface area contributed by atoms with Gasteiger partial charge in [-0.15, -0.1) is 0 Å². The molecule has 1 aromatic carbocycles. The monoisotopic (exact) mass is 229 g/mol. The average molecular weight is 229 g/mol. The summed E-state index contributed by atoms with van der Waals surface area (Å²) in [5.41, 5.74) is 1.40. The van der Waals surface area contributed by atoms with Gasteiger partial charge in [0, 0.05) is 0 Å². The molecule has 1 fully saturated rings. The maximum Gasteiger partial charge on any atom is -0.00591 e. The second kappa shape index (κ2) is 5.71. The molecule has 0 bridgehead atoms. The van der Waals surface area contributed by atoms with Crippen molar-refractivity contribution in [2.45, 2.75) is 40.0 Å². The maximum atomic E-state index is 2.51. The highest BCUT2D eigenvalue weighted by Crippen LogP contribution is 2.40. The zero-order valence-corrected chi connectivity index (χ0v) is 11.4. The van der Waals surface area contributed by atoms with Crippen molar-refractivity contribution in [3.8, 4) is 0 Å². The van der Waals surface area contributed by atoms with Crippen molar-refractivity contribution in [1.82, 2.24) is 0 Å². The molecule has 1 radical (unpaired) electrons. The van der Waals surface area contributed by atoms with Crippen molar-refractivity contribution in [2.75, 3.05) is 0 Å². The smallest absolute Gasteiger partial charge is 0.00591 e. The van der Waals surface area contributed by atoms with Gasteiger partial charge in [-0.3, -0.25) is 0 Å². The Bertz CT molecular complexity index is 325. The summed E-state index contributed by atoms with van der Waals surface area (Å²) in [4.78, 5) is 0. The fourth-order valence-electron chi connectivity index (χ4n) is 3.28. The van der Waals surface area contributed by atoms with Gasteiger partial charge >= 0.3 is 0 Å². The van der Waals surface area contributed by atoms with Crippen molar-refractivity contribution in [3.05, 3.63) is 42.3 Å². The van der Waals surface area contributed by atoms with E-state index in [0.29, 0.717) is 0 Å². The quantitative estimate of drug-likeness (QED) is 0.688. The molecule has 0 aromatic heterocycles. The van der Waals surface area contributed by atoms with Crippen LogP contribution in [0.1, 0.15) is 45.6 Å². The molecule has 0 spiro atoms. The second-order valence-corrected chi connectivity index (χ2v) is 6.07. The number of hydrogen-bond donors (Lipinski definition) is 0. The van der Waals surface area contributed by atoms with Crippen molar-refractivity contribution in [1.29, 1.82) is 0 Å². The van der Waals surface area contributed by atoms with Gasteiger partial charge in [0.2, 0.25) is 0 Å². The lowest BCUT2D eigenvalue weighted by Crippen LogP contribution is -2.28. The summed E-state index contributed by atoms with van der Waals surface area (Å²) in [7, 11) is 0. The van der Waals surface area contributed by atoms with E-state index in [1.807, 2.05) is 0 Å². The molecular formula is C17H25. The van der Waals surface area contributed by atoms with E-state index in [9.17, 15) is 0 Å². The van der Waals surface area contributed by atoms with Crippen LogP contribution in [-0.4, -0.2) is 0 Å². The first-order chi connectivity index (χ1) is 8.16. The third-order valence-corrected chi connectivity index (χ3v) is 4.28. The lowest BCUT2D eigenvalue weighted by molar-refractivity contribution is 0.169. The molecule has 1 saturated carbocycles. The Kier molecular flexibility index (Phi) is 4.25. The molecule has 3 unspecified atom stereocenters. The highest BCUT2D eigenvalue weighted by molar-refractivity contribution is 5.24. The molecule has 93 valence electrons. The molecule has 2 rings (SSSR count). The zero-order valence-electron chi connectivity index (χ0n) is 11.4. The van der Waals surface area contributed by atoms with E-state index in [0.717, 1.165) is 23.7 Å². The SMILES string of the molecule is CC1CCC(C(C)C)C([CH]c2ccccc2)C1. The molecule has 0 heterocycles. The molecular weight excluding hydrogens is 204 g/mol. The Balaban J connectivity index is 2.05. The highest BCUT2D eigenvalue weighted by Gasteiger charge is 2.30. The number of hydrogen-bond acceptors (Lipinski definition) is 0. The normalized spacial score (nSPS) is 29.5. The summed E-state index contributed by atoms with van der Waals surface area (Å²) in [6, 6.07) is 10.8. The Morgan fingerprint density at radius 1 is 1.12 bits per heavy atom. The lowest BCUT2D eigenvalue weighted by atomic mass is 9.68. The van der Waals surface area contributed by atoms with Gasteiger partial charge in [0.05, 0.1) is 0 Å². The third kappa shape index (κ3) is 3.34. The van der Waals surface area contributed by atoms with Crippen LogP contribution in [0.15, 0.2) is 30.3 Å². The summed E-state index contributed by atoms with van der Waals surface area (Å²) in [6.07, 6.45) is 6.72. The molecule has 1 aliphatic carbocycles. The van der Waals surface area contributed by atoms with Crippen LogP contribution in [0.2, 0.25) is 0 Å². The molecule has 1 aliphatic rings. The van der Waals surface area contributed by atoms with Gasteiger partial charge in [-0.25, -0.2) is 0 Å². The summed E-state index contributed by atoms with van der Waals surface area (Å²) in [5.74, 6) is 3.37. The standard InChI is InChI=1S/C17H25/c1-13(2)17-10-9-14(3)11-16(17)12-15-7-5-4-6-8-15/h4-8,12-14,16-17H,9-11H2,1-3H3. The first-order valence-corrected chi connectivity index (χ1v) is 7.06. The Labute approximate surface area is 106 Å². The maximum absolute atomic E-state index is 2.51. The first kappa shape index (κ1) is 12.7. The van der Waals surface area contributed by atoms with Gasteiger partial charge < -0.3 is 0 Å². The Hall–Kier alpha value is -0.780. The van der Waals surface area contributed by atoms with Crippen molar-refractivity contribution >= 4 is 0 Å². The predicted molar refractivity (Wildman–Crippen MR) is 74.7 cm³/mol. The van der Waals surface area contributed by atoms with E-state index < -0.39 is 0 Å². The Morgan fingerprint density at radius 3 is 2.47 bits per heavy atom. The van der Waals surface area contributed by atoms with Crippen LogP contribution < -0.4 is 0 Å². The third-order valence-electron chi connectivity index (χ3n) is 4.28. The number of rotatable bonds is 3. The fraction of sp³-hybridized carbons (Fsp3) is 0.588. The molecule has 0 saturated heterocycles. The van der Waals surface area contributed by atoms with E-state index in [4.69, 9.17) is 0 Å². The summed E-state index contributed by atoms with van der Waals surface area (Å²) >= 11 is 0. The van der Waals surface area contributed by atoms with E-state index in [1.54, 1.807) is 0 Å². The van der Waals surface area contributed by atoms with Crippen molar-refractivity contribution in [3.63, 3.8) is 0 Å². The van der Waals surface area contributed by atoms with Gasteiger partial charge in [0.15, 0.2) is 0 Å². The first-order valence-electron chi connectivity index (χ1n) is 7.06. The molecule has 0 N–H and O–H groups in total. The van der Waals surface area contributed by atoms with Crippen LogP contribution in [0.4, 0.5) is 0 Å². The van der Waals surface area contributed by atoms with Crippen LogP contribution in [-0.2, 0) is 0 Å². The van der Waals surface area contributed by atoms with E-state index in [-0.39, 0.29) is 0 Å². The molecule has 1 aromatic rings. The van der Waals surface area contributed by atoms with Crippen LogP contribution in [0.25, 0.3) is 0 Å². The van der Waals surface area contributed by atoms with E-state index in [1.165, 1.54) is 24.8 Å². The average Bonchev–Trinajstić information content (AvgIpc) is 2.30. The molecule has 3 atom stereocenters. The van der Waals surface area contributed by atoms with Crippen LogP contribution in [0.5, 0.6) is 0 Å². The summed E-state index contributed by atoms with van der Waals surface area (Å²) in [5, 5.41) is 0. The second-order valence-electron chi connectivity index (χ2n) is 6.07. The van der Waals surface area contributed by atoms with Crippen LogP contribution >= 0.6 is 0 Å². The molecule has 0 heteroatoms. The van der Waals surface area contributed by atoms with Gasteiger partial charge in [-0.1, -0.05) is 57.5 Å². The van der Waals surface area contributed by atoms with Crippen molar-refractivity contribution in [2.24, 2.45) is 23.7 Å². The van der Waals surface area contributed by atoms with Gasteiger partial charge in [-0.05, 0) is 48.5 Å². The fourth-order valence-corrected chi connectivity index (χ4v) is 3.28. The minimum absolute atomic E-state index is 0.779. The molecule has 0 amide bonds. The van der Waals surface area contributed by atoms with Crippen LogP contribution in [0.3, 0.4) is 0 Å². The minimum Gasteiger partial charge on any atom is -0.0625 e. The lowest BCUT2D eigenvalue weighted by Gasteiger charge is -2.37. The molecule has 17 heavy (non-hydrogen) atoms. The van der Waals surface area contributed by atoms with E-state index in [2.05, 4.69) is 57.5 Å². The predicted octanol–water partition coefficient (Wildman–Crippen LogP) is 4.95. The van der Waals surface area contributed by atoms with Gasteiger partial charge in [0.25, 0.3) is 0 Å². The summed E-state index contributed by atoms with van der Waals surface area (Å²) in [6.45, 7) is 7.17. The largest absolute Gasteiger partial charge is 0.0625 e. The van der Waals surface area contributed by atoms with Gasteiger partial charge in [-0.2, -0.15) is 0 Å². The van der Waals surface area contributed by atoms with Crippen LogP contribution in [0, 0.1) is 30.1 Å². The highest BCUT2D eigenvalue weighted by atomic mass is 14.4. The van der Waals surface area contributed by atoms with Gasteiger partial charge in [0.1, 0.15) is 0 Å². The summed E-state index contributed by atoms with van der Waals surface area (Å²) < 4.78 is 0.